The fourth-order valence-electron chi connectivity index (χ4n) is 1.43. The summed E-state index contributed by atoms with van der Waals surface area (Å²) in [5.41, 5.74) is 1.53. The van der Waals surface area contributed by atoms with Gasteiger partial charge in [-0.1, -0.05) is 37.4 Å². The van der Waals surface area contributed by atoms with Gasteiger partial charge in [0.25, 0.3) is 11.8 Å². The normalized spacial score (nSPS) is 10.0. The molecule has 0 aliphatic carbocycles. The molecular formula is C14H14N2O2. The summed E-state index contributed by atoms with van der Waals surface area (Å²) in [7, 11) is 0. The van der Waals surface area contributed by atoms with Gasteiger partial charge in [0, 0.05) is 0 Å². The lowest BCUT2D eigenvalue weighted by Crippen LogP contribution is -2.03. The van der Waals surface area contributed by atoms with Gasteiger partial charge in [-0.3, -0.25) is 0 Å². The van der Waals surface area contributed by atoms with Crippen LogP contribution < -0.4 is 9.47 Å². The Morgan fingerprint density at radius 1 is 0.889 bits per heavy atom. The lowest BCUT2D eigenvalue weighted by molar-refractivity contribution is 0.290. The first kappa shape index (κ1) is 12.1. The van der Waals surface area contributed by atoms with Crippen molar-refractivity contribution >= 4 is 11.0 Å². The Labute approximate surface area is 106 Å². The van der Waals surface area contributed by atoms with Crippen molar-refractivity contribution in [2.24, 2.45) is 0 Å². The molecule has 0 saturated heterocycles. The minimum absolute atomic E-state index is 0.359. The molecule has 1 aromatic carbocycles. The van der Waals surface area contributed by atoms with Gasteiger partial charge in [-0.05, 0) is 12.1 Å². The van der Waals surface area contributed by atoms with Crippen LogP contribution >= 0.6 is 0 Å². The van der Waals surface area contributed by atoms with E-state index in [1.54, 1.807) is 12.2 Å². The lowest BCUT2D eigenvalue weighted by Gasteiger charge is -2.09. The quantitative estimate of drug-likeness (QED) is 0.730. The Hall–Kier alpha value is -2.36. The number of hydrogen-bond donors (Lipinski definition) is 0. The number of ether oxygens (including phenoxy) is 2. The molecule has 0 atom stereocenters. The molecule has 0 N–H and O–H groups in total. The predicted molar refractivity (Wildman–Crippen MR) is 70.9 cm³/mol. The van der Waals surface area contributed by atoms with Gasteiger partial charge in [-0.15, -0.1) is 0 Å². The van der Waals surface area contributed by atoms with Gasteiger partial charge in [0.15, 0.2) is 0 Å². The van der Waals surface area contributed by atoms with Crippen LogP contribution in [0.3, 0.4) is 0 Å². The number of nitrogens with zero attached hydrogens (tertiary/aromatic N) is 2. The minimum Gasteiger partial charge on any atom is -0.470 e. The molecule has 2 aromatic rings. The molecular weight excluding hydrogens is 228 g/mol. The number of aromatic nitrogens is 2. The first-order valence-corrected chi connectivity index (χ1v) is 5.59. The van der Waals surface area contributed by atoms with Crippen molar-refractivity contribution < 1.29 is 9.47 Å². The number of hydrogen-bond acceptors (Lipinski definition) is 4. The third-order valence-electron chi connectivity index (χ3n) is 2.18. The van der Waals surface area contributed by atoms with E-state index in [2.05, 4.69) is 23.1 Å². The lowest BCUT2D eigenvalue weighted by atomic mass is 10.3. The average Bonchev–Trinajstić information content (AvgIpc) is 2.42. The zero-order chi connectivity index (χ0) is 12.8. The highest BCUT2D eigenvalue weighted by Gasteiger charge is 2.10. The maximum absolute atomic E-state index is 5.44. The van der Waals surface area contributed by atoms with Crippen LogP contribution in [-0.4, -0.2) is 23.2 Å². The summed E-state index contributed by atoms with van der Waals surface area (Å²) in [6.45, 7) is 7.92. The Morgan fingerprint density at radius 3 is 1.72 bits per heavy atom. The number of para-hydroxylation sites is 2. The largest absolute Gasteiger partial charge is 0.470 e. The molecule has 1 aromatic heterocycles. The monoisotopic (exact) mass is 242 g/mol. The first-order valence-electron chi connectivity index (χ1n) is 5.59. The van der Waals surface area contributed by atoms with Gasteiger partial charge in [0.1, 0.15) is 13.2 Å². The van der Waals surface area contributed by atoms with E-state index in [1.165, 1.54) is 0 Å². The van der Waals surface area contributed by atoms with Gasteiger partial charge in [0.05, 0.1) is 11.0 Å². The van der Waals surface area contributed by atoms with Gasteiger partial charge in [-0.25, -0.2) is 9.97 Å². The van der Waals surface area contributed by atoms with E-state index < -0.39 is 0 Å². The molecule has 1 heterocycles. The first-order chi connectivity index (χ1) is 8.85. The van der Waals surface area contributed by atoms with Crippen molar-refractivity contribution in [2.45, 2.75) is 0 Å². The van der Waals surface area contributed by atoms with E-state index in [4.69, 9.17) is 9.47 Å². The Bertz CT molecular complexity index is 516. The van der Waals surface area contributed by atoms with Gasteiger partial charge < -0.3 is 9.47 Å². The van der Waals surface area contributed by atoms with Crippen LogP contribution in [0, 0.1) is 0 Å². The van der Waals surface area contributed by atoms with Crippen LogP contribution in [0.4, 0.5) is 0 Å². The third kappa shape index (κ3) is 2.66. The van der Waals surface area contributed by atoms with Crippen LogP contribution in [0.2, 0.25) is 0 Å². The Balaban J connectivity index is 2.41. The number of fused-ring (bicyclic) bond motifs is 1. The molecule has 4 nitrogen and oxygen atoms in total. The summed E-state index contributed by atoms with van der Waals surface area (Å²) in [4.78, 5) is 8.75. The van der Waals surface area contributed by atoms with Gasteiger partial charge in [0.2, 0.25) is 0 Å². The standard InChI is InChI=1S/C14H14N2O2/c1-3-9-17-13-14(18-10-4-2)16-12-8-6-5-7-11(12)15-13/h3-8H,1-2,9-10H2. The van der Waals surface area contributed by atoms with Crippen molar-refractivity contribution in [1.82, 2.24) is 9.97 Å². The molecule has 92 valence electrons. The second-order valence-corrected chi connectivity index (χ2v) is 3.52. The molecule has 0 unspecified atom stereocenters. The van der Waals surface area contributed by atoms with Crippen molar-refractivity contribution in [3.05, 3.63) is 49.6 Å². The van der Waals surface area contributed by atoms with E-state index in [-0.39, 0.29) is 0 Å². The van der Waals surface area contributed by atoms with Crippen molar-refractivity contribution in [1.29, 1.82) is 0 Å². The Morgan fingerprint density at radius 2 is 1.33 bits per heavy atom. The van der Waals surface area contributed by atoms with Crippen molar-refractivity contribution in [3.63, 3.8) is 0 Å². The van der Waals surface area contributed by atoms with E-state index in [9.17, 15) is 0 Å². The molecule has 0 aliphatic rings. The third-order valence-corrected chi connectivity index (χ3v) is 2.18. The summed E-state index contributed by atoms with van der Waals surface area (Å²) in [5, 5.41) is 0. The molecule has 4 heteroatoms. The summed E-state index contributed by atoms with van der Waals surface area (Å²) in [6.07, 6.45) is 3.29. The van der Waals surface area contributed by atoms with Crippen LogP contribution in [0.5, 0.6) is 11.8 Å². The maximum Gasteiger partial charge on any atom is 0.279 e. The molecule has 18 heavy (non-hydrogen) atoms. The maximum atomic E-state index is 5.44. The molecule has 0 saturated carbocycles. The highest BCUT2D eigenvalue weighted by Crippen LogP contribution is 2.25. The molecule has 0 aliphatic heterocycles. The number of benzene rings is 1. The molecule has 0 radical (unpaired) electrons. The highest BCUT2D eigenvalue weighted by molar-refractivity contribution is 5.75. The van der Waals surface area contributed by atoms with Crippen LogP contribution in [0.1, 0.15) is 0 Å². The number of rotatable bonds is 6. The topological polar surface area (TPSA) is 44.2 Å². The molecule has 0 fully saturated rings. The zero-order valence-corrected chi connectivity index (χ0v) is 10.0. The average molecular weight is 242 g/mol. The van der Waals surface area contributed by atoms with Crippen LogP contribution in [0.15, 0.2) is 49.6 Å². The smallest absolute Gasteiger partial charge is 0.279 e. The highest BCUT2D eigenvalue weighted by atomic mass is 16.5. The molecule has 2 rings (SSSR count). The zero-order valence-electron chi connectivity index (χ0n) is 10.0. The van der Waals surface area contributed by atoms with Crippen molar-refractivity contribution in [2.75, 3.05) is 13.2 Å². The summed E-state index contributed by atoms with van der Waals surface area (Å²) < 4.78 is 10.9. The fraction of sp³-hybridized carbons (Fsp3) is 0.143. The van der Waals surface area contributed by atoms with Gasteiger partial charge in [-0.2, -0.15) is 0 Å². The predicted octanol–water partition coefficient (Wildman–Crippen LogP) is 2.76. The van der Waals surface area contributed by atoms with Gasteiger partial charge >= 0.3 is 0 Å². The van der Waals surface area contributed by atoms with E-state index in [0.717, 1.165) is 11.0 Å². The Kier molecular flexibility index (Phi) is 3.91. The summed E-state index contributed by atoms with van der Waals surface area (Å²) in [5.74, 6) is 0.742. The second kappa shape index (κ2) is 5.82. The van der Waals surface area contributed by atoms with E-state index in [1.807, 2.05) is 24.3 Å². The van der Waals surface area contributed by atoms with E-state index in [0.29, 0.717) is 25.0 Å². The molecule has 0 spiro atoms. The second-order valence-electron chi connectivity index (χ2n) is 3.52. The fourth-order valence-corrected chi connectivity index (χ4v) is 1.43. The summed E-state index contributed by atoms with van der Waals surface area (Å²) in [6, 6.07) is 7.55. The summed E-state index contributed by atoms with van der Waals surface area (Å²) >= 11 is 0. The van der Waals surface area contributed by atoms with Crippen LogP contribution in [0.25, 0.3) is 11.0 Å². The SMILES string of the molecule is C=CCOc1nc2ccccc2nc1OCC=C. The van der Waals surface area contributed by atoms with Crippen LogP contribution in [-0.2, 0) is 0 Å². The minimum atomic E-state index is 0.359. The molecule has 0 bridgehead atoms. The van der Waals surface area contributed by atoms with Crippen molar-refractivity contribution in [3.8, 4) is 11.8 Å². The molecule has 0 amide bonds. The van der Waals surface area contributed by atoms with E-state index >= 15 is 0 Å².